The summed E-state index contributed by atoms with van der Waals surface area (Å²) in [6.45, 7) is 2.04. The lowest BCUT2D eigenvalue weighted by molar-refractivity contribution is 0.0714. The van der Waals surface area contributed by atoms with E-state index in [4.69, 9.17) is 26.5 Å². The van der Waals surface area contributed by atoms with Crippen LogP contribution >= 0.6 is 11.6 Å². The average Bonchev–Trinajstić information content (AvgIpc) is 2.73. The maximum atomic E-state index is 6.11. The van der Waals surface area contributed by atoms with E-state index < -0.39 is 0 Å². The summed E-state index contributed by atoms with van der Waals surface area (Å²) in [7, 11) is 1.66. The van der Waals surface area contributed by atoms with Crippen LogP contribution in [0.2, 0.25) is 5.02 Å². The van der Waals surface area contributed by atoms with Gasteiger partial charge in [-0.05, 0) is 30.7 Å². The van der Waals surface area contributed by atoms with Gasteiger partial charge in [-0.3, -0.25) is 0 Å². The Hall–Kier alpha value is -1.03. The summed E-state index contributed by atoms with van der Waals surface area (Å²) in [5, 5.41) is 1.66. The van der Waals surface area contributed by atoms with Crippen LogP contribution < -0.4 is 5.73 Å². The molecule has 1 aromatic heterocycles. The molecule has 0 fully saturated rings. The second-order valence-corrected chi connectivity index (χ2v) is 4.48. The van der Waals surface area contributed by atoms with Crippen LogP contribution in [0.4, 0.5) is 0 Å². The van der Waals surface area contributed by atoms with Crippen molar-refractivity contribution in [2.24, 2.45) is 5.73 Å². The molecule has 0 bridgehead atoms. The number of nitrogens with two attached hydrogens (primary N) is 1. The molecule has 17 heavy (non-hydrogen) atoms. The maximum absolute atomic E-state index is 6.11. The van der Waals surface area contributed by atoms with E-state index in [0.717, 1.165) is 23.2 Å². The molecule has 2 rings (SSSR count). The molecule has 1 aromatic carbocycles. The summed E-state index contributed by atoms with van der Waals surface area (Å²) >= 11 is 5.93. The minimum Gasteiger partial charge on any atom is -0.459 e. The van der Waals surface area contributed by atoms with Gasteiger partial charge in [-0.1, -0.05) is 18.5 Å². The van der Waals surface area contributed by atoms with Gasteiger partial charge in [0.2, 0.25) is 0 Å². The Balaban J connectivity index is 2.35. The topological polar surface area (TPSA) is 48.4 Å². The molecule has 4 heteroatoms. The van der Waals surface area contributed by atoms with Gasteiger partial charge in [0.1, 0.15) is 11.3 Å². The molecule has 0 spiro atoms. The highest BCUT2D eigenvalue weighted by Crippen LogP contribution is 2.28. The third kappa shape index (κ3) is 2.46. The van der Waals surface area contributed by atoms with Gasteiger partial charge >= 0.3 is 0 Å². The van der Waals surface area contributed by atoms with Gasteiger partial charge in [0, 0.05) is 17.5 Å². The molecule has 0 radical (unpaired) electrons. The van der Waals surface area contributed by atoms with E-state index in [1.54, 1.807) is 13.2 Å². The molecular formula is C13H16ClNO2. The van der Waals surface area contributed by atoms with Gasteiger partial charge in [0.05, 0.1) is 12.1 Å². The van der Waals surface area contributed by atoms with E-state index in [1.165, 1.54) is 0 Å². The van der Waals surface area contributed by atoms with Crippen LogP contribution in [0.25, 0.3) is 11.0 Å². The average molecular weight is 254 g/mol. The number of methoxy groups -OCH3 is 1. The number of fused-ring (bicyclic) bond motifs is 1. The SMILES string of the molecule is CCC(OC)C(N)c1cc2cc(Cl)ccc2o1. The zero-order valence-corrected chi connectivity index (χ0v) is 10.7. The standard InChI is InChI=1S/C13H16ClNO2/c1-3-10(16-2)13(15)12-7-8-6-9(14)4-5-11(8)17-12/h4-7,10,13H,3,15H2,1-2H3. The van der Waals surface area contributed by atoms with Gasteiger partial charge in [-0.25, -0.2) is 0 Å². The summed E-state index contributed by atoms with van der Waals surface area (Å²) in [4.78, 5) is 0. The normalized spacial score (nSPS) is 15.1. The second kappa shape index (κ2) is 5.08. The van der Waals surface area contributed by atoms with Crippen molar-refractivity contribution in [2.45, 2.75) is 25.5 Å². The molecule has 2 atom stereocenters. The van der Waals surface area contributed by atoms with Crippen LogP contribution in [0.5, 0.6) is 0 Å². The molecule has 2 unspecified atom stereocenters. The van der Waals surface area contributed by atoms with Crippen LogP contribution in [0.1, 0.15) is 25.1 Å². The summed E-state index contributed by atoms with van der Waals surface area (Å²) in [5.41, 5.74) is 6.91. The zero-order chi connectivity index (χ0) is 12.4. The first kappa shape index (κ1) is 12.4. The fraction of sp³-hybridized carbons (Fsp3) is 0.385. The first-order valence-electron chi connectivity index (χ1n) is 5.63. The van der Waals surface area contributed by atoms with E-state index >= 15 is 0 Å². The predicted molar refractivity (Wildman–Crippen MR) is 69.2 cm³/mol. The quantitative estimate of drug-likeness (QED) is 0.907. The lowest BCUT2D eigenvalue weighted by atomic mass is 10.1. The third-order valence-electron chi connectivity index (χ3n) is 2.93. The van der Waals surface area contributed by atoms with E-state index in [0.29, 0.717) is 5.02 Å². The fourth-order valence-electron chi connectivity index (χ4n) is 1.95. The van der Waals surface area contributed by atoms with Crippen LogP contribution in [-0.2, 0) is 4.74 Å². The van der Waals surface area contributed by atoms with Crippen LogP contribution in [0.3, 0.4) is 0 Å². The number of benzene rings is 1. The van der Waals surface area contributed by atoms with Gasteiger partial charge in [0.25, 0.3) is 0 Å². The highest BCUT2D eigenvalue weighted by Gasteiger charge is 2.21. The highest BCUT2D eigenvalue weighted by atomic mass is 35.5. The molecule has 2 aromatic rings. The van der Waals surface area contributed by atoms with E-state index in [9.17, 15) is 0 Å². The van der Waals surface area contributed by atoms with E-state index in [-0.39, 0.29) is 12.1 Å². The molecule has 0 saturated carbocycles. The Kier molecular flexibility index (Phi) is 3.72. The molecule has 92 valence electrons. The molecule has 0 amide bonds. The van der Waals surface area contributed by atoms with Crippen molar-refractivity contribution in [3.05, 3.63) is 35.0 Å². The molecule has 0 saturated heterocycles. The van der Waals surface area contributed by atoms with Gasteiger partial charge in [0.15, 0.2) is 0 Å². The Morgan fingerprint density at radius 1 is 1.41 bits per heavy atom. The Labute approximate surface area is 105 Å². The van der Waals surface area contributed by atoms with Crippen molar-refractivity contribution in [1.82, 2.24) is 0 Å². The predicted octanol–water partition coefficient (Wildman–Crippen LogP) is 3.51. The smallest absolute Gasteiger partial charge is 0.134 e. The monoisotopic (exact) mass is 253 g/mol. The van der Waals surface area contributed by atoms with Crippen molar-refractivity contribution >= 4 is 22.6 Å². The van der Waals surface area contributed by atoms with E-state index in [1.807, 2.05) is 25.1 Å². The first-order chi connectivity index (χ1) is 8.15. The van der Waals surface area contributed by atoms with Crippen LogP contribution in [0.15, 0.2) is 28.7 Å². The molecule has 3 nitrogen and oxygen atoms in total. The largest absolute Gasteiger partial charge is 0.459 e. The zero-order valence-electron chi connectivity index (χ0n) is 9.94. The van der Waals surface area contributed by atoms with Crippen molar-refractivity contribution in [2.75, 3.05) is 7.11 Å². The number of ether oxygens (including phenoxy) is 1. The fourth-order valence-corrected chi connectivity index (χ4v) is 2.13. The molecule has 2 N–H and O–H groups in total. The minimum absolute atomic E-state index is 0.0361. The summed E-state index contributed by atoms with van der Waals surface area (Å²) < 4.78 is 11.0. The number of hydrogen-bond donors (Lipinski definition) is 1. The van der Waals surface area contributed by atoms with Gasteiger partial charge in [-0.15, -0.1) is 0 Å². The lowest BCUT2D eigenvalue weighted by Crippen LogP contribution is -2.26. The van der Waals surface area contributed by atoms with E-state index in [2.05, 4.69) is 0 Å². The summed E-state index contributed by atoms with van der Waals surface area (Å²) in [6, 6.07) is 7.19. The Bertz CT molecular complexity index is 505. The highest BCUT2D eigenvalue weighted by molar-refractivity contribution is 6.31. The minimum atomic E-state index is -0.254. The number of halogens is 1. The summed E-state index contributed by atoms with van der Waals surface area (Å²) in [5.74, 6) is 0.732. The number of rotatable bonds is 4. The molecule has 0 aliphatic heterocycles. The third-order valence-corrected chi connectivity index (χ3v) is 3.17. The van der Waals surface area contributed by atoms with Crippen LogP contribution in [-0.4, -0.2) is 13.2 Å². The molecule has 0 aliphatic rings. The summed E-state index contributed by atoms with van der Waals surface area (Å²) in [6.07, 6.45) is 0.807. The van der Waals surface area contributed by atoms with Gasteiger partial charge < -0.3 is 14.9 Å². The molecular weight excluding hydrogens is 238 g/mol. The second-order valence-electron chi connectivity index (χ2n) is 4.04. The van der Waals surface area contributed by atoms with Crippen molar-refractivity contribution < 1.29 is 9.15 Å². The van der Waals surface area contributed by atoms with Crippen LogP contribution in [0, 0.1) is 0 Å². The molecule has 0 aliphatic carbocycles. The lowest BCUT2D eigenvalue weighted by Gasteiger charge is -2.18. The van der Waals surface area contributed by atoms with Gasteiger partial charge in [-0.2, -0.15) is 0 Å². The Morgan fingerprint density at radius 2 is 2.18 bits per heavy atom. The number of hydrogen-bond acceptors (Lipinski definition) is 3. The first-order valence-corrected chi connectivity index (χ1v) is 6.01. The maximum Gasteiger partial charge on any atom is 0.134 e. The molecule has 1 heterocycles. The van der Waals surface area contributed by atoms with Crippen molar-refractivity contribution in [3.8, 4) is 0 Å². The van der Waals surface area contributed by atoms with Crippen molar-refractivity contribution in [1.29, 1.82) is 0 Å². The van der Waals surface area contributed by atoms with Crippen molar-refractivity contribution in [3.63, 3.8) is 0 Å². The number of furan rings is 1. The Morgan fingerprint density at radius 3 is 2.82 bits per heavy atom.